The van der Waals surface area contributed by atoms with Crippen LogP contribution in [0, 0.1) is 13.8 Å². The fraction of sp³-hybridized carbons (Fsp3) is 0.193. The number of rotatable bonds is 22. The minimum absolute atomic E-state index is 0.0550. The maximum atomic E-state index is 12.8. The summed E-state index contributed by atoms with van der Waals surface area (Å²) in [7, 11) is 0. The molecule has 4 amide bonds. The van der Waals surface area contributed by atoms with Gasteiger partial charge in [0.2, 0.25) is 0 Å². The third-order valence-corrected chi connectivity index (χ3v) is 11.6. The van der Waals surface area contributed by atoms with E-state index < -0.39 is 41.7 Å². The highest BCUT2D eigenvalue weighted by molar-refractivity contribution is 5.91. The van der Waals surface area contributed by atoms with Crippen LogP contribution >= 0.6 is 0 Å². The van der Waals surface area contributed by atoms with E-state index in [4.69, 9.17) is 37.9 Å². The molecule has 75 heavy (non-hydrogen) atoms. The summed E-state index contributed by atoms with van der Waals surface area (Å²) in [6, 6.07) is 42.1. The normalized spacial score (nSPS) is 11.5. The Bertz CT molecular complexity index is 3000. The lowest BCUT2D eigenvalue weighted by Gasteiger charge is -2.34. The Morgan fingerprint density at radius 1 is 0.427 bits per heavy atom. The van der Waals surface area contributed by atoms with Crippen LogP contribution < -0.4 is 30.7 Å². The first kappa shape index (κ1) is 53.2. The number of nitrogens with one attached hydrogen (secondary N) is 4. The molecule has 6 aromatic rings. The van der Waals surface area contributed by atoms with Gasteiger partial charge in [-0.2, -0.15) is 0 Å². The monoisotopic (exact) mass is 1020 g/mol. The van der Waals surface area contributed by atoms with E-state index in [0.29, 0.717) is 39.8 Å². The van der Waals surface area contributed by atoms with Crippen molar-refractivity contribution >= 4 is 59.1 Å². The zero-order valence-electron chi connectivity index (χ0n) is 41.1. The van der Waals surface area contributed by atoms with Crippen LogP contribution in [0.2, 0.25) is 0 Å². The minimum Gasteiger partial charge on any atom is -0.490 e. The molecule has 0 fully saturated rings. The molecule has 0 saturated carbocycles. The summed E-state index contributed by atoms with van der Waals surface area (Å²) in [5.41, 5.74) is 8.67. The third-order valence-electron chi connectivity index (χ3n) is 11.6. The largest absolute Gasteiger partial charge is 0.490 e. The molecule has 0 unspecified atom stereocenters. The first-order valence-electron chi connectivity index (χ1n) is 23.6. The topological polar surface area (TPSA) is 224 Å². The zero-order valence-corrected chi connectivity index (χ0v) is 41.1. The predicted molar refractivity (Wildman–Crippen MR) is 279 cm³/mol. The predicted octanol–water partition coefficient (Wildman–Crippen LogP) is 10.5. The zero-order chi connectivity index (χ0) is 53.2. The molecule has 0 aromatic heterocycles. The number of hydrogen-bond acceptors (Lipinski definition) is 14. The van der Waals surface area contributed by atoms with Crippen molar-refractivity contribution < 1.29 is 66.7 Å². The number of carbonyl (C=O) groups excluding carboxylic acids is 6. The van der Waals surface area contributed by atoms with Crippen LogP contribution in [0.15, 0.2) is 159 Å². The summed E-state index contributed by atoms with van der Waals surface area (Å²) >= 11 is 0. The number of benzene rings is 6. The van der Waals surface area contributed by atoms with Crippen molar-refractivity contribution in [1.29, 1.82) is 0 Å². The lowest BCUT2D eigenvalue weighted by Crippen LogP contribution is -2.28. The second kappa shape index (κ2) is 25.7. The molecule has 1 aliphatic rings. The molecule has 4 N–H and O–H groups in total. The Morgan fingerprint density at radius 2 is 0.773 bits per heavy atom. The molecule has 0 heterocycles. The van der Waals surface area contributed by atoms with Gasteiger partial charge in [0, 0.05) is 34.9 Å². The van der Waals surface area contributed by atoms with Crippen molar-refractivity contribution in [3.63, 3.8) is 0 Å². The van der Waals surface area contributed by atoms with Gasteiger partial charge in [0.1, 0.15) is 64.4 Å². The van der Waals surface area contributed by atoms with Crippen molar-refractivity contribution in [1.82, 2.24) is 0 Å². The van der Waals surface area contributed by atoms with Gasteiger partial charge < -0.3 is 37.9 Å². The second-order valence-corrected chi connectivity index (χ2v) is 16.4. The van der Waals surface area contributed by atoms with E-state index in [1.165, 1.54) is 0 Å². The van der Waals surface area contributed by atoms with Crippen LogP contribution in [-0.4, -0.2) is 89.2 Å². The molecular weight excluding hydrogens is 965 g/mol. The van der Waals surface area contributed by atoms with Gasteiger partial charge in [0.15, 0.2) is 0 Å². The minimum atomic E-state index is -0.771. The van der Waals surface area contributed by atoms with Gasteiger partial charge >= 0.3 is 36.3 Å². The van der Waals surface area contributed by atoms with Crippen molar-refractivity contribution in [2.24, 2.45) is 0 Å². The molecule has 0 spiro atoms. The molecule has 18 nitrogen and oxygen atoms in total. The van der Waals surface area contributed by atoms with Crippen LogP contribution in [0.5, 0.6) is 11.5 Å². The maximum absolute atomic E-state index is 12.8. The Morgan fingerprint density at radius 3 is 1.16 bits per heavy atom. The Kier molecular flexibility index (Phi) is 18.2. The number of hydrogen-bond donors (Lipinski definition) is 4. The van der Waals surface area contributed by atoms with Crippen molar-refractivity contribution in [2.75, 3.05) is 74.1 Å². The van der Waals surface area contributed by atoms with Crippen molar-refractivity contribution in [2.45, 2.75) is 19.3 Å². The lowest BCUT2D eigenvalue weighted by atomic mass is 9.68. The SMILES string of the molecule is C=CC(=O)OCCOC(=O)Nc1ccc(C)c(NC(=O)OCCOc2ccc(C3(c4ccc(OCCOC(=O)Nc5ccc(C)c(NC(=O)OCCOC(=O)C=C)c5)cc4)c4ccccc4-c4ccccc43)cc2)c1. The van der Waals surface area contributed by atoms with Gasteiger partial charge in [0.05, 0.1) is 5.41 Å². The molecule has 1 aliphatic carbocycles. The fourth-order valence-electron chi connectivity index (χ4n) is 8.15. The molecule has 0 aliphatic heterocycles. The van der Waals surface area contributed by atoms with Gasteiger partial charge in [0.25, 0.3) is 0 Å². The summed E-state index contributed by atoms with van der Waals surface area (Å²) in [6.07, 6.45) is -0.961. The highest BCUT2D eigenvalue weighted by atomic mass is 16.6. The number of aryl methyl sites for hydroxylation is 2. The van der Waals surface area contributed by atoms with E-state index in [1.54, 1.807) is 50.2 Å². The van der Waals surface area contributed by atoms with Gasteiger partial charge in [-0.15, -0.1) is 0 Å². The molecule has 0 radical (unpaired) electrons. The summed E-state index contributed by atoms with van der Waals surface area (Å²) < 4.78 is 42.5. The molecule has 0 bridgehead atoms. The van der Waals surface area contributed by atoms with Crippen molar-refractivity contribution in [3.05, 3.63) is 192 Å². The standard InChI is InChI=1S/C57H54N4O14/c1-5-51(62)70-29-33-73-54(65)59-42-22-16-37(3)49(36-42)60-55(66)74-32-28-69-44-25-19-40(20-26-44)57(47-13-9-7-11-45(47)46-12-8-10-14-48(46)57)39-17-23-43(24-18-39)68-27-31-72-53(64)58-41-21-15-38(4)50(35-41)61-56(67)75-34-30-71-52(63)6-2/h5-26,35-36H,1-2,27-34H2,3-4H3,(H,58,64)(H,59,65)(H,60,66)(H,61,67). The average Bonchev–Trinajstić information content (AvgIpc) is 3.72. The lowest BCUT2D eigenvalue weighted by molar-refractivity contribution is -0.139. The van der Waals surface area contributed by atoms with Crippen LogP contribution in [0.3, 0.4) is 0 Å². The van der Waals surface area contributed by atoms with Crippen LogP contribution in [0.4, 0.5) is 41.9 Å². The van der Waals surface area contributed by atoms with Crippen LogP contribution in [0.25, 0.3) is 11.1 Å². The molecule has 7 rings (SSSR count). The van der Waals surface area contributed by atoms with E-state index >= 15 is 0 Å². The Labute approximate surface area is 432 Å². The molecule has 386 valence electrons. The number of anilines is 4. The van der Waals surface area contributed by atoms with E-state index in [-0.39, 0.29) is 52.9 Å². The van der Waals surface area contributed by atoms with Crippen LogP contribution in [-0.2, 0) is 43.4 Å². The summed E-state index contributed by atoms with van der Waals surface area (Å²) in [5.74, 6) is -0.120. The average molecular weight is 1020 g/mol. The van der Waals surface area contributed by atoms with Gasteiger partial charge in [-0.05, 0) is 107 Å². The number of carbonyl (C=O) groups is 6. The first-order valence-corrected chi connectivity index (χ1v) is 23.6. The fourth-order valence-corrected chi connectivity index (χ4v) is 8.15. The quantitative estimate of drug-likeness (QED) is 0.0215. The molecule has 6 aromatic carbocycles. The van der Waals surface area contributed by atoms with E-state index in [0.717, 1.165) is 51.1 Å². The second-order valence-electron chi connectivity index (χ2n) is 16.4. The third kappa shape index (κ3) is 13.9. The number of amides is 4. The van der Waals surface area contributed by atoms with E-state index in [9.17, 15) is 28.8 Å². The van der Waals surface area contributed by atoms with E-state index in [2.05, 4.69) is 58.7 Å². The number of ether oxygens (including phenoxy) is 8. The first-order chi connectivity index (χ1) is 36.4. The summed E-state index contributed by atoms with van der Waals surface area (Å²) in [5, 5.41) is 10.5. The van der Waals surface area contributed by atoms with Gasteiger partial charge in [-0.1, -0.05) is 98.1 Å². The van der Waals surface area contributed by atoms with E-state index in [1.807, 2.05) is 72.8 Å². The number of esters is 2. The summed E-state index contributed by atoms with van der Waals surface area (Å²) in [4.78, 5) is 72.3. The molecular formula is C57H54N4O14. The maximum Gasteiger partial charge on any atom is 0.411 e. The molecule has 0 saturated heterocycles. The number of fused-ring (bicyclic) bond motifs is 3. The summed E-state index contributed by atoms with van der Waals surface area (Å²) in [6.45, 7) is 9.62. The Hall–Kier alpha value is -9.58. The molecule has 0 atom stereocenters. The molecule has 18 heteroatoms. The Balaban J connectivity index is 0.927. The highest BCUT2D eigenvalue weighted by Crippen LogP contribution is 2.56. The van der Waals surface area contributed by atoms with Gasteiger partial charge in [-0.25, -0.2) is 28.8 Å². The smallest absolute Gasteiger partial charge is 0.411 e. The van der Waals surface area contributed by atoms with Gasteiger partial charge in [-0.3, -0.25) is 21.3 Å². The van der Waals surface area contributed by atoms with Crippen LogP contribution in [0.1, 0.15) is 33.4 Å². The van der Waals surface area contributed by atoms with Crippen molar-refractivity contribution in [3.8, 4) is 22.6 Å². The highest BCUT2D eigenvalue weighted by Gasteiger charge is 2.46.